The molecular weight excluding hydrogens is 364 g/mol. The molecule has 26 heavy (non-hydrogen) atoms. The zero-order valence-corrected chi connectivity index (χ0v) is 16.2. The van der Waals surface area contributed by atoms with Gasteiger partial charge in [0.1, 0.15) is 4.32 Å². The lowest BCUT2D eigenvalue weighted by Gasteiger charge is -2.16. The van der Waals surface area contributed by atoms with Crippen molar-refractivity contribution in [3.05, 3.63) is 53.0 Å². The lowest BCUT2D eigenvalue weighted by Crippen LogP contribution is -2.37. The molecule has 6 heteroatoms. The topological polar surface area (TPSA) is 49.4 Å². The Morgan fingerprint density at radius 1 is 1.27 bits per heavy atom. The molecule has 1 aliphatic carbocycles. The molecule has 3 rings (SSSR count). The number of carbonyl (C=O) groups excluding carboxylic acids is 2. The van der Waals surface area contributed by atoms with Crippen molar-refractivity contribution in [2.24, 2.45) is 0 Å². The van der Waals surface area contributed by atoms with Gasteiger partial charge in [0.2, 0.25) is 5.91 Å². The van der Waals surface area contributed by atoms with Gasteiger partial charge in [0.25, 0.3) is 5.91 Å². The predicted molar refractivity (Wildman–Crippen MR) is 110 cm³/mol. The number of carbonyl (C=O) groups is 2. The van der Waals surface area contributed by atoms with Crippen molar-refractivity contribution in [2.75, 3.05) is 6.54 Å². The predicted octanol–water partition coefficient (Wildman–Crippen LogP) is 3.89. The van der Waals surface area contributed by atoms with Gasteiger partial charge in [0, 0.05) is 19.0 Å². The van der Waals surface area contributed by atoms with E-state index in [0.29, 0.717) is 21.8 Å². The van der Waals surface area contributed by atoms with E-state index in [1.54, 1.807) is 6.08 Å². The molecule has 0 unspecified atom stereocenters. The molecule has 2 fully saturated rings. The Morgan fingerprint density at radius 2 is 2.00 bits per heavy atom. The molecule has 1 saturated carbocycles. The number of thiocarbonyl (C=S) groups is 1. The first-order valence-corrected chi connectivity index (χ1v) is 10.1. The molecular formula is C20H22N2O2S2. The maximum atomic E-state index is 12.5. The summed E-state index contributed by atoms with van der Waals surface area (Å²) in [5.41, 5.74) is 1.07. The van der Waals surface area contributed by atoms with Crippen molar-refractivity contribution in [1.82, 2.24) is 10.2 Å². The molecule has 0 bridgehead atoms. The van der Waals surface area contributed by atoms with E-state index in [0.717, 1.165) is 18.4 Å². The summed E-state index contributed by atoms with van der Waals surface area (Å²) >= 11 is 6.59. The summed E-state index contributed by atoms with van der Waals surface area (Å²) in [7, 11) is 0. The average molecular weight is 387 g/mol. The van der Waals surface area contributed by atoms with Crippen molar-refractivity contribution in [2.45, 2.75) is 38.1 Å². The Morgan fingerprint density at radius 3 is 2.73 bits per heavy atom. The third-order valence-corrected chi connectivity index (χ3v) is 5.89. The van der Waals surface area contributed by atoms with Crippen LogP contribution in [0.2, 0.25) is 0 Å². The maximum Gasteiger partial charge on any atom is 0.266 e. The molecule has 136 valence electrons. The number of amides is 2. The number of hydrogen-bond donors (Lipinski definition) is 1. The third kappa shape index (κ3) is 5.05. The van der Waals surface area contributed by atoms with Crippen LogP contribution in [0.5, 0.6) is 0 Å². The van der Waals surface area contributed by atoms with E-state index in [1.807, 2.05) is 42.5 Å². The van der Waals surface area contributed by atoms with Crippen LogP contribution in [0.25, 0.3) is 6.08 Å². The van der Waals surface area contributed by atoms with Gasteiger partial charge in [-0.25, -0.2) is 0 Å². The highest BCUT2D eigenvalue weighted by atomic mass is 32.2. The van der Waals surface area contributed by atoms with Gasteiger partial charge in [-0.3, -0.25) is 14.5 Å². The van der Waals surface area contributed by atoms with Crippen LogP contribution >= 0.6 is 24.0 Å². The fourth-order valence-corrected chi connectivity index (χ4v) is 4.36. The molecule has 4 nitrogen and oxygen atoms in total. The maximum absolute atomic E-state index is 12.5. The van der Waals surface area contributed by atoms with Gasteiger partial charge >= 0.3 is 0 Å². The van der Waals surface area contributed by atoms with Gasteiger partial charge in [0.05, 0.1) is 4.91 Å². The molecule has 1 aromatic carbocycles. The van der Waals surface area contributed by atoms with Crippen LogP contribution < -0.4 is 5.32 Å². The van der Waals surface area contributed by atoms with Crippen molar-refractivity contribution in [3.8, 4) is 0 Å². The highest BCUT2D eigenvalue weighted by Crippen LogP contribution is 2.31. The second-order valence-electron chi connectivity index (χ2n) is 6.42. The number of rotatable bonds is 6. The van der Waals surface area contributed by atoms with E-state index in [-0.39, 0.29) is 18.2 Å². The highest BCUT2D eigenvalue weighted by molar-refractivity contribution is 8.26. The summed E-state index contributed by atoms with van der Waals surface area (Å²) < 4.78 is 0.517. The van der Waals surface area contributed by atoms with Crippen molar-refractivity contribution < 1.29 is 9.59 Å². The minimum atomic E-state index is -0.119. The van der Waals surface area contributed by atoms with E-state index in [4.69, 9.17) is 12.2 Å². The summed E-state index contributed by atoms with van der Waals surface area (Å²) in [6.07, 6.45) is 10.4. The molecule has 0 radical (unpaired) electrons. The molecule has 1 saturated heterocycles. The number of nitrogens with one attached hydrogen (secondary N) is 1. The minimum Gasteiger partial charge on any atom is -0.353 e. The molecule has 1 aliphatic heterocycles. The van der Waals surface area contributed by atoms with Crippen LogP contribution in [-0.4, -0.2) is 33.6 Å². The zero-order chi connectivity index (χ0) is 18.4. The summed E-state index contributed by atoms with van der Waals surface area (Å²) in [5, 5.41) is 3.04. The van der Waals surface area contributed by atoms with Crippen LogP contribution in [0.3, 0.4) is 0 Å². The van der Waals surface area contributed by atoms with E-state index in [1.165, 1.54) is 29.5 Å². The van der Waals surface area contributed by atoms with Crippen molar-refractivity contribution in [1.29, 1.82) is 0 Å². The zero-order valence-electron chi connectivity index (χ0n) is 14.5. The lowest BCUT2D eigenvalue weighted by molar-refractivity contribution is -0.124. The molecule has 1 heterocycles. The smallest absolute Gasteiger partial charge is 0.266 e. The normalized spacial score (nSPS) is 19.8. The van der Waals surface area contributed by atoms with Gasteiger partial charge in [-0.05, 0) is 24.5 Å². The SMILES string of the molecule is O=C(CCN1C(=O)C(=CC=Cc2ccccc2)SC1=S)NC1CCCC1. The molecule has 0 spiro atoms. The summed E-state index contributed by atoms with van der Waals surface area (Å²) in [6, 6.07) is 10.2. The first-order valence-electron chi connectivity index (χ1n) is 8.90. The minimum absolute atomic E-state index is 0.00102. The van der Waals surface area contributed by atoms with Gasteiger partial charge < -0.3 is 5.32 Å². The standard InChI is InChI=1S/C20H22N2O2S2/c23-18(21-16-10-4-5-11-16)13-14-22-19(24)17(26-20(22)25)12-6-9-15-7-2-1-3-8-15/h1-3,6-9,12,16H,4-5,10-11,13-14H2,(H,21,23). The average Bonchev–Trinajstić information content (AvgIpc) is 3.23. The fourth-order valence-electron chi connectivity index (χ4n) is 3.10. The van der Waals surface area contributed by atoms with Crippen LogP contribution in [-0.2, 0) is 9.59 Å². The molecule has 2 aliphatic rings. The monoisotopic (exact) mass is 386 g/mol. The van der Waals surface area contributed by atoms with Gasteiger partial charge in [-0.2, -0.15) is 0 Å². The number of allylic oxidation sites excluding steroid dienone is 2. The molecule has 0 atom stereocenters. The summed E-state index contributed by atoms with van der Waals surface area (Å²) in [4.78, 5) is 26.7. The Kier molecular flexibility index (Phi) is 6.63. The second-order valence-corrected chi connectivity index (χ2v) is 8.10. The van der Waals surface area contributed by atoms with Crippen LogP contribution in [0.15, 0.2) is 47.4 Å². The molecule has 1 N–H and O–H groups in total. The first-order chi connectivity index (χ1) is 12.6. The highest BCUT2D eigenvalue weighted by Gasteiger charge is 2.31. The Labute approximate surface area is 163 Å². The molecule has 1 aromatic rings. The first kappa shape index (κ1) is 18.9. The Balaban J connectivity index is 1.52. The summed E-state index contributed by atoms with van der Waals surface area (Å²) in [5.74, 6) is -0.120. The van der Waals surface area contributed by atoms with Crippen LogP contribution in [0, 0.1) is 0 Å². The van der Waals surface area contributed by atoms with Crippen molar-refractivity contribution >= 4 is 46.2 Å². The fraction of sp³-hybridized carbons (Fsp3) is 0.350. The van der Waals surface area contributed by atoms with E-state index >= 15 is 0 Å². The molecule has 2 amide bonds. The van der Waals surface area contributed by atoms with E-state index < -0.39 is 0 Å². The van der Waals surface area contributed by atoms with E-state index in [2.05, 4.69) is 5.32 Å². The van der Waals surface area contributed by atoms with Gasteiger partial charge in [-0.1, -0.05) is 79.3 Å². The van der Waals surface area contributed by atoms with Gasteiger partial charge in [-0.15, -0.1) is 0 Å². The number of benzene rings is 1. The van der Waals surface area contributed by atoms with Crippen LogP contribution in [0.4, 0.5) is 0 Å². The number of thioether (sulfide) groups is 1. The second kappa shape index (κ2) is 9.14. The number of hydrogen-bond acceptors (Lipinski definition) is 4. The molecule has 0 aromatic heterocycles. The van der Waals surface area contributed by atoms with E-state index in [9.17, 15) is 9.59 Å². The third-order valence-electron chi connectivity index (χ3n) is 4.49. The summed E-state index contributed by atoms with van der Waals surface area (Å²) in [6.45, 7) is 0.336. The Hall–Kier alpha value is -1.92. The van der Waals surface area contributed by atoms with Gasteiger partial charge in [0.15, 0.2) is 0 Å². The Bertz CT molecular complexity index is 737. The van der Waals surface area contributed by atoms with Crippen molar-refractivity contribution in [3.63, 3.8) is 0 Å². The number of nitrogens with zero attached hydrogens (tertiary/aromatic N) is 1. The quantitative estimate of drug-likeness (QED) is 0.595. The largest absolute Gasteiger partial charge is 0.353 e. The van der Waals surface area contributed by atoms with Crippen LogP contribution in [0.1, 0.15) is 37.7 Å². The lowest BCUT2D eigenvalue weighted by atomic mass is 10.2.